The van der Waals surface area contributed by atoms with Crippen LogP contribution in [0.3, 0.4) is 0 Å². The Morgan fingerprint density at radius 2 is 2.00 bits per heavy atom. The van der Waals surface area contributed by atoms with E-state index in [1.165, 1.54) is 12.1 Å². The molecule has 3 aromatic rings. The number of hydrogen-bond donors (Lipinski definition) is 1. The van der Waals surface area contributed by atoms with Gasteiger partial charge in [-0.15, -0.1) is 10.2 Å². The van der Waals surface area contributed by atoms with Crippen molar-refractivity contribution in [2.45, 2.75) is 15.9 Å². The number of anilines is 1. The van der Waals surface area contributed by atoms with Crippen LogP contribution in [0.15, 0.2) is 63.3 Å². The number of rotatable bonds is 7. The number of carbonyl (C=O) groups excluding carboxylic acids is 1. The standard InChI is InChI=1S/C16H12F2N4O2S2/c17-15(18)26-12-5-3-11(4-6-12)20-13(23)9-25-16-22-21-14(24-16)10-2-1-7-19-8-10/h1-8,15H,9H2,(H,20,23). The van der Waals surface area contributed by atoms with Crippen LogP contribution in [0.2, 0.25) is 0 Å². The van der Waals surface area contributed by atoms with E-state index in [4.69, 9.17) is 4.42 Å². The Morgan fingerprint density at radius 3 is 2.69 bits per heavy atom. The minimum Gasteiger partial charge on any atom is -0.411 e. The van der Waals surface area contributed by atoms with E-state index in [1.807, 2.05) is 0 Å². The molecule has 26 heavy (non-hydrogen) atoms. The Hall–Kier alpha value is -2.46. The van der Waals surface area contributed by atoms with Crippen LogP contribution in [0.5, 0.6) is 0 Å². The third kappa shape index (κ3) is 5.27. The van der Waals surface area contributed by atoms with Crippen molar-refractivity contribution in [3.63, 3.8) is 0 Å². The average Bonchev–Trinajstić information content (AvgIpc) is 3.11. The maximum atomic E-state index is 12.3. The fraction of sp³-hybridized carbons (Fsp3) is 0.125. The molecule has 2 heterocycles. The summed E-state index contributed by atoms with van der Waals surface area (Å²) >= 11 is 1.55. The SMILES string of the molecule is O=C(CSc1nnc(-c2cccnc2)o1)Nc1ccc(SC(F)F)cc1. The summed E-state index contributed by atoms with van der Waals surface area (Å²) in [6, 6.07) is 9.74. The number of benzene rings is 1. The van der Waals surface area contributed by atoms with E-state index < -0.39 is 5.76 Å². The Kier molecular flexibility index (Phi) is 6.18. The predicted octanol–water partition coefficient (Wildman–Crippen LogP) is 4.18. The highest BCUT2D eigenvalue weighted by Crippen LogP contribution is 2.26. The van der Waals surface area contributed by atoms with Crippen molar-refractivity contribution >= 4 is 35.1 Å². The zero-order chi connectivity index (χ0) is 18.4. The highest BCUT2D eigenvalue weighted by atomic mass is 32.2. The zero-order valence-corrected chi connectivity index (χ0v) is 14.8. The van der Waals surface area contributed by atoms with Crippen LogP contribution >= 0.6 is 23.5 Å². The normalized spacial score (nSPS) is 10.9. The average molecular weight is 394 g/mol. The van der Waals surface area contributed by atoms with Crippen molar-refractivity contribution in [1.82, 2.24) is 15.2 Å². The third-order valence-electron chi connectivity index (χ3n) is 3.00. The largest absolute Gasteiger partial charge is 0.411 e. The summed E-state index contributed by atoms with van der Waals surface area (Å²) in [6.45, 7) is 0. The highest BCUT2D eigenvalue weighted by Gasteiger charge is 2.12. The summed E-state index contributed by atoms with van der Waals surface area (Å²) in [5.74, 6) is -2.35. The fourth-order valence-electron chi connectivity index (χ4n) is 1.92. The molecule has 0 aliphatic heterocycles. The van der Waals surface area contributed by atoms with E-state index in [-0.39, 0.29) is 16.9 Å². The molecule has 0 radical (unpaired) electrons. The molecule has 0 aliphatic carbocycles. The first kappa shape index (κ1) is 18.3. The Labute approximate surface area is 155 Å². The van der Waals surface area contributed by atoms with E-state index >= 15 is 0 Å². The highest BCUT2D eigenvalue weighted by molar-refractivity contribution is 7.99. The van der Waals surface area contributed by atoms with Crippen LogP contribution in [0, 0.1) is 0 Å². The molecule has 10 heteroatoms. The second-order valence-electron chi connectivity index (χ2n) is 4.85. The lowest BCUT2D eigenvalue weighted by Crippen LogP contribution is -2.13. The molecule has 0 aliphatic rings. The van der Waals surface area contributed by atoms with Gasteiger partial charge in [0, 0.05) is 23.0 Å². The molecule has 0 bridgehead atoms. The van der Waals surface area contributed by atoms with E-state index in [0.717, 1.165) is 11.8 Å². The van der Waals surface area contributed by atoms with Gasteiger partial charge in [-0.05, 0) is 36.4 Å². The molecule has 0 unspecified atom stereocenters. The first-order valence-electron chi connectivity index (χ1n) is 7.31. The van der Waals surface area contributed by atoms with E-state index in [9.17, 15) is 13.6 Å². The molecule has 0 saturated heterocycles. The number of amides is 1. The lowest BCUT2D eigenvalue weighted by atomic mass is 10.3. The number of nitrogens with zero attached hydrogens (tertiary/aromatic N) is 3. The summed E-state index contributed by atoms with van der Waals surface area (Å²) in [5.41, 5.74) is 1.22. The van der Waals surface area contributed by atoms with Gasteiger partial charge in [-0.25, -0.2) is 0 Å². The van der Waals surface area contributed by atoms with Crippen molar-refractivity contribution in [2.75, 3.05) is 11.1 Å². The molecule has 1 N–H and O–H groups in total. The van der Waals surface area contributed by atoms with Gasteiger partial charge in [-0.1, -0.05) is 23.5 Å². The fourth-order valence-corrected chi connectivity index (χ4v) is 2.98. The van der Waals surface area contributed by atoms with Crippen LogP contribution in [0.1, 0.15) is 0 Å². The third-order valence-corrected chi connectivity index (χ3v) is 4.55. The second-order valence-corrected chi connectivity index (χ2v) is 6.84. The molecule has 0 fully saturated rings. The van der Waals surface area contributed by atoms with Crippen molar-refractivity contribution in [3.8, 4) is 11.5 Å². The molecule has 0 saturated carbocycles. The summed E-state index contributed by atoms with van der Waals surface area (Å²) < 4.78 is 30.0. The van der Waals surface area contributed by atoms with Crippen molar-refractivity contribution in [3.05, 3.63) is 48.8 Å². The predicted molar refractivity (Wildman–Crippen MR) is 95.2 cm³/mol. The van der Waals surface area contributed by atoms with Crippen LogP contribution < -0.4 is 5.32 Å². The van der Waals surface area contributed by atoms with Gasteiger partial charge in [0.25, 0.3) is 11.0 Å². The monoisotopic (exact) mass is 394 g/mol. The smallest absolute Gasteiger partial charge is 0.288 e. The summed E-state index contributed by atoms with van der Waals surface area (Å²) in [7, 11) is 0. The molecule has 2 aromatic heterocycles. The van der Waals surface area contributed by atoms with E-state index in [0.29, 0.717) is 33.8 Å². The number of halogens is 2. The first-order valence-corrected chi connectivity index (χ1v) is 9.18. The number of nitrogens with one attached hydrogen (secondary N) is 1. The topological polar surface area (TPSA) is 80.9 Å². The maximum Gasteiger partial charge on any atom is 0.288 e. The van der Waals surface area contributed by atoms with Crippen LogP contribution in [-0.4, -0.2) is 32.6 Å². The van der Waals surface area contributed by atoms with Gasteiger partial charge >= 0.3 is 0 Å². The van der Waals surface area contributed by atoms with Gasteiger partial charge in [-0.2, -0.15) is 8.78 Å². The minimum absolute atomic E-state index is 0.0716. The number of aromatic nitrogens is 3. The van der Waals surface area contributed by atoms with Gasteiger partial charge < -0.3 is 9.73 Å². The summed E-state index contributed by atoms with van der Waals surface area (Å²) in [5, 5.41) is 10.7. The summed E-state index contributed by atoms with van der Waals surface area (Å²) in [4.78, 5) is 16.4. The van der Waals surface area contributed by atoms with Gasteiger partial charge in [-0.3, -0.25) is 9.78 Å². The van der Waals surface area contributed by atoms with Crippen LogP contribution in [0.25, 0.3) is 11.5 Å². The molecule has 1 aromatic carbocycles. The molecule has 6 nitrogen and oxygen atoms in total. The maximum absolute atomic E-state index is 12.3. The quantitative estimate of drug-likeness (QED) is 0.602. The lowest BCUT2D eigenvalue weighted by molar-refractivity contribution is -0.113. The molecule has 1 amide bonds. The zero-order valence-electron chi connectivity index (χ0n) is 13.1. The van der Waals surface area contributed by atoms with Gasteiger partial charge in [0.1, 0.15) is 0 Å². The number of pyridine rings is 1. The molecule has 0 spiro atoms. The van der Waals surface area contributed by atoms with Gasteiger partial charge in [0.05, 0.1) is 11.3 Å². The first-order chi connectivity index (χ1) is 12.6. The van der Waals surface area contributed by atoms with Crippen LogP contribution in [0.4, 0.5) is 14.5 Å². The Bertz CT molecular complexity index is 860. The van der Waals surface area contributed by atoms with Gasteiger partial charge in [0.15, 0.2) is 0 Å². The molecule has 3 rings (SSSR count). The van der Waals surface area contributed by atoms with Crippen molar-refractivity contribution in [2.24, 2.45) is 0 Å². The second kappa shape index (κ2) is 8.77. The van der Waals surface area contributed by atoms with Crippen molar-refractivity contribution in [1.29, 1.82) is 0 Å². The minimum atomic E-state index is -2.47. The molecule has 134 valence electrons. The molecular formula is C16H12F2N4O2S2. The van der Waals surface area contributed by atoms with Crippen molar-refractivity contribution < 1.29 is 18.0 Å². The Morgan fingerprint density at radius 1 is 1.19 bits per heavy atom. The molecular weight excluding hydrogens is 382 g/mol. The number of thioether (sulfide) groups is 2. The number of hydrogen-bond acceptors (Lipinski definition) is 7. The van der Waals surface area contributed by atoms with Gasteiger partial charge in [0.2, 0.25) is 11.8 Å². The number of carbonyl (C=O) groups is 1. The lowest BCUT2D eigenvalue weighted by Gasteiger charge is -2.05. The number of alkyl halides is 2. The molecule has 0 atom stereocenters. The Balaban J connectivity index is 1.50. The van der Waals surface area contributed by atoms with E-state index in [2.05, 4.69) is 20.5 Å². The summed E-state index contributed by atoms with van der Waals surface area (Å²) in [6.07, 6.45) is 3.24. The van der Waals surface area contributed by atoms with E-state index in [1.54, 1.807) is 36.7 Å². The van der Waals surface area contributed by atoms with Crippen LogP contribution in [-0.2, 0) is 4.79 Å².